The molecule has 0 aliphatic heterocycles. The summed E-state index contributed by atoms with van der Waals surface area (Å²) in [5.41, 5.74) is 0. The van der Waals surface area contributed by atoms with Crippen LogP contribution in [0.5, 0.6) is 0 Å². The minimum absolute atomic E-state index is 0. The molecule has 0 aromatic rings. The van der Waals surface area contributed by atoms with E-state index in [1.54, 1.807) is 0 Å². The molecule has 0 aromatic carbocycles. The predicted octanol–water partition coefficient (Wildman–Crippen LogP) is 2.94. The van der Waals surface area contributed by atoms with Crippen molar-refractivity contribution in [1.29, 1.82) is 0 Å². The summed E-state index contributed by atoms with van der Waals surface area (Å²) in [4.78, 5) is 0. The van der Waals surface area contributed by atoms with Crippen molar-refractivity contribution >= 4 is 10.1 Å². The van der Waals surface area contributed by atoms with Gasteiger partial charge >= 0.3 is 51.4 Å². The van der Waals surface area contributed by atoms with Crippen LogP contribution in [-0.4, -0.2) is 29.9 Å². The summed E-state index contributed by atoms with van der Waals surface area (Å²) in [7, 11) is -4.26. The molecule has 0 fully saturated rings. The van der Waals surface area contributed by atoms with Gasteiger partial charge in [-0.25, -0.2) is 8.42 Å². The van der Waals surface area contributed by atoms with Crippen LogP contribution < -0.4 is 51.4 Å². The molecule has 1 N–H and O–H groups in total. The Kier molecular flexibility index (Phi) is 25.2. The zero-order valence-electron chi connectivity index (χ0n) is 18.1. The average molecular weight is 431 g/mol. The van der Waals surface area contributed by atoms with Crippen LogP contribution in [0.2, 0.25) is 0 Å². The molecular formula is C21H43KO4S. The Morgan fingerprint density at radius 1 is 0.667 bits per heavy atom. The van der Waals surface area contributed by atoms with E-state index in [1.807, 2.05) is 0 Å². The van der Waals surface area contributed by atoms with Crippen molar-refractivity contribution in [2.45, 2.75) is 128 Å². The maximum atomic E-state index is 11.0. The summed E-state index contributed by atoms with van der Waals surface area (Å²) >= 11 is 0. The van der Waals surface area contributed by atoms with Crippen molar-refractivity contribution in [3.63, 3.8) is 0 Å². The van der Waals surface area contributed by atoms with Gasteiger partial charge in [0, 0.05) is 6.61 Å². The first kappa shape index (κ1) is 30.7. The zero-order valence-corrected chi connectivity index (χ0v) is 22.0. The van der Waals surface area contributed by atoms with Gasteiger partial charge in [-0.2, -0.15) is 0 Å². The Bertz CT molecular complexity index is 388. The maximum Gasteiger partial charge on any atom is 1.00 e. The molecule has 4 nitrogen and oxygen atoms in total. The SMILES string of the molecule is CCCCCCCCCCCCCCCCCCC(CCO)S(=O)(=O)[O-].[K+]. The number of rotatable bonds is 20. The second-order valence-corrected chi connectivity index (χ2v) is 9.37. The van der Waals surface area contributed by atoms with Gasteiger partial charge in [0.1, 0.15) is 0 Å². The van der Waals surface area contributed by atoms with Gasteiger partial charge in [0.25, 0.3) is 0 Å². The monoisotopic (exact) mass is 430 g/mol. The van der Waals surface area contributed by atoms with E-state index in [0.717, 1.165) is 19.3 Å². The summed E-state index contributed by atoms with van der Waals surface area (Å²) in [5, 5.41) is 7.93. The summed E-state index contributed by atoms with van der Waals surface area (Å²) < 4.78 is 33.1. The molecule has 1 atom stereocenters. The molecule has 0 spiro atoms. The maximum absolute atomic E-state index is 11.0. The van der Waals surface area contributed by atoms with Gasteiger partial charge in [-0.05, 0) is 12.8 Å². The molecule has 0 radical (unpaired) electrons. The summed E-state index contributed by atoms with van der Waals surface area (Å²) in [6.45, 7) is 2.03. The quantitative estimate of drug-likeness (QED) is 0.183. The van der Waals surface area contributed by atoms with Crippen LogP contribution in [0, 0.1) is 0 Å². The molecular weight excluding hydrogens is 387 g/mol. The van der Waals surface area contributed by atoms with Crippen LogP contribution in [0.15, 0.2) is 0 Å². The van der Waals surface area contributed by atoms with Crippen molar-refractivity contribution in [3.8, 4) is 0 Å². The van der Waals surface area contributed by atoms with E-state index in [2.05, 4.69) is 6.92 Å². The molecule has 0 aliphatic carbocycles. The Balaban J connectivity index is 0. The van der Waals surface area contributed by atoms with Gasteiger partial charge in [0.05, 0.1) is 15.4 Å². The van der Waals surface area contributed by atoms with E-state index < -0.39 is 15.4 Å². The van der Waals surface area contributed by atoms with Gasteiger partial charge in [-0.15, -0.1) is 0 Å². The van der Waals surface area contributed by atoms with E-state index in [4.69, 9.17) is 5.11 Å². The smallest absolute Gasteiger partial charge is 0.748 e. The molecule has 1 unspecified atom stereocenters. The number of hydrogen-bond acceptors (Lipinski definition) is 4. The first-order chi connectivity index (χ1) is 12.5. The number of unbranched alkanes of at least 4 members (excludes halogenated alkanes) is 15. The molecule has 158 valence electrons. The van der Waals surface area contributed by atoms with E-state index in [1.165, 1.54) is 83.5 Å². The van der Waals surface area contributed by atoms with Gasteiger partial charge in [0.2, 0.25) is 0 Å². The second kappa shape index (κ2) is 22.2. The van der Waals surface area contributed by atoms with Crippen molar-refractivity contribution in [2.24, 2.45) is 0 Å². The van der Waals surface area contributed by atoms with E-state index in [9.17, 15) is 13.0 Å². The summed E-state index contributed by atoms with van der Waals surface area (Å²) in [6, 6.07) is 0. The van der Waals surface area contributed by atoms with E-state index in [0.29, 0.717) is 6.42 Å². The topological polar surface area (TPSA) is 77.4 Å². The van der Waals surface area contributed by atoms with Crippen LogP contribution in [0.4, 0.5) is 0 Å². The van der Waals surface area contributed by atoms with Crippen molar-refractivity contribution in [1.82, 2.24) is 0 Å². The first-order valence-corrected chi connectivity index (χ1v) is 12.5. The molecule has 0 saturated carbocycles. The van der Waals surface area contributed by atoms with Gasteiger partial charge in [-0.1, -0.05) is 110 Å². The first-order valence-electron chi connectivity index (χ1n) is 11.1. The molecule has 0 amide bonds. The molecule has 0 saturated heterocycles. The summed E-state index contributed by atoms with van der Waals surface area (Å²) in [5.74, 6) is 0. The van der Waals surface area contributed by atoms with Crippen LogP contribution in [0.3, 0.4) is 0 Å². The second-order valence-electron chi connectivity index (χ2n) is 7.72. The average Bonchev–Trinajstić information content (AvgIpc) is 2.59. The fourth-order valence-electron chi connectivity index (χ4n) is 3.50. The number of aliphatic hydroxyl groups excluding tert-OH is 1. The standard InChI is InChI=1S/C21H44O4S.K/c1-2-3-4-5-6-7-8-9-10-11-12-13-14-15-16-17-18-21(19-20-22)26(23,24)25;/h21-22H,2-20H2,1H3,(H,23,24,25);/q;+1/p-1. The number of hydrogen-bond donors (Lipinski definition) is 1. The minimum Gasteiger partial charge on any atom is -0.748 e. The van der Waals surface area contributed by atoms with Gasteiger partial charge < -0.3 is 9.66 Å². The predicted molar refractivity (Wildman–Crippen MR) is 109 cm³/mol. The minimum atomic E-state index is -4.26. The van der Waals surface area contributed by atoms with Gasteiger partial charge in [-0.3, -0.25) is 0 Å². The molecule has 0 rings (SSSR count). The normalized spacial score (nSPS) is 12.7. The molecule has 0 bridgehead atoms. The molecule has 6 heteroatoms. The molecule has 0 aromatic heterocycles. The fourth-order valence-corrected chi connectivity index (χ4v) is 4.35. The van der Waals surface area contributed by atoms with Gasteiger partial charge in [0.15, 0.2) is 0 Å². The Labute approximate surface area is 211 Å². The third-order valence-electron chi connectivity index (χ3n) is 5.24. The van der Waals surface area contributed by atoms with E-state index in [-0.39, 0.29) is 64.4 Å². The van der Waals surface area contributed by atoms with E-state index >= 15 is 0 Å². The van der Waals surface area contributed by atoms with Crippen molar-refractivity contribution < 1.29 is 69.5 Å². The van der Waals surface area contributed by atoms with Crippen LogP contribution >= 0.6 is 0 Å². The Morgan fingerprint density at radius 3 is 1.30 bits per heavy atom. The third kappa shape index (κ3) is 22.0. The zero-order chi connectivity index (χ0) is 19.5. The van der Waals surface area contributed by atoms with Crippen LogP contribution in [0.25, 0.3) is 0 Å². The Morgan fingerprint density at radius 2 is 1.00 bits per heavy atom. The van der Waals surface area contributed by atoms with Crippen LogP contribution in [-0.2, 0) is 10.1 Å². The Hall–Kier alpha value is 1.51. The third-order valence-corrected chi connectivity index (χ3v) is 6.53. The molecule has 27 heavy (non-hydrogen) atoms. The molecule has 0 heterocycles. The summed E-state index contributed by atoms with van der Waals surface area (Å²) in [6.07, 6.45) is 20.9. The largest absolute Gasteiger partial charge is 1.00 e. The van der Waals surface area contributed by atoms with Crippen molar-refractivity contribution in [3.05, 3.63) is 0 Å². The molecule has 0 aliphatic rings. The fraction of sp³-hybridized carbons (Fsp3) is 1.00. The van der Waals surface area contributed by atoms with Crippen LogP contribution in [0.1, 0.15) is 122 Å². The number of aliphatic hydroxyl groups is 1. The van der Waals surface area contributed by atoms with Crippen molar-refractivity contribution in [2.75, 3.05) is 6.61 Å².